The Bertz CT molecular complexity index is 1050. The first-order valence-electron chi connectivity index (χ1n) is 9.87. The summed E-state index contributed by atoms with van der Waals surface area (Å²) >= 11 is 0. The van der Waals surface area contributed by atoms with E-state index in [1.807, 2.05) is 37.3 Å². The molecule has 1 N–H and O–H groups in total. The molecule has 0 spiro atoms. The molecule has 1 aliphatic heterocycles. The lowest BCUT2D eigenvalue weighted by Crippen LogP contribution is -2.33. The Morgan fingerprint density at radius 3 is 2.57 bits per heavy atom. The smallest absolute Gasteiger partial charge is 0.256 e. The molecule has 0 saturated heterocycles. The summed E-state index contributed by atoms with van der Waals surface area (Å²) in [5.74, 6) is -0.662. The predicted molar refractivity (Wildman–Crippen MR) is 111 cm³/mol. The van der Waals surface area contributed by atoms with Crippen LogP contribution in [0.25, 0.3) is 0 Å². The molecule has 2 aromatic carbocycles. The third-order valence-corrected chi connectivity index (χ3v) is 5.34. The van der Waals surface area contributed by atoms with Crippen molar-refractivity contribution in [2.24, 2.45) is 0 Å². The van der Waals surface area contributed by atoms with E-state index >= 15 is 0 Å². The average Bonchev–Trinajstić information content (AvgIpc) is 3.02. The molecule has 3 aromatic rings. The van der Waals surface area contributed by atoms with Gasteiger partial charge in [0.1, 0.15) is 5.82 Å². The minimum Gasteiger partial charge on any atom is -0.350 e. The van der Waals surface area contributed by atoms with E-state index in [9.17, 15) is 14.0 Å². The molecule has 1 aromatic heterocycles. The molecule has 2 atom stereocenters. The number of benzene rings is 2. The van der Waals surface area contributed by atoms with Crippen LogP contribution in [0.5, 0.6) is 0 Å². The molecule has 0 saturated carbocycles. The summed E-state index contributed by atoms with van der Waals surface area (Å²) in [5, 5.41) is 3.01. The maximum atomic E-state index is 13.3. The molecule has 1 aliphatic rings. The first kappa shape index (κ1) is 19.8. The van der Waals surface area contributed by atoms with E-state index in [0.29, 0.717) is 11.3 Å². The van der Waals surface area contributed by atoms with Crippen molar-refractivity contribution in [3.8, 4) is 0 Å². The fraction of sp³-hybridized carbons (Fsp3) is 0.208. The highest BCUT2D eigenvalue weighted by atomic mass is 19.1. The highest BCUT2D eigenvalue weighted by molar-refractivity contribution is 5.99. The number of hydrogen-bond donors (Lipinski definition) is 1. The number of nitrogens with zero attached hydrogens (tertiary/aromatic N) is 2. The van der Waals surface area contributed by atoms with Crippen molar-refractivity contribution in [2.75, 3.05) is 0 Å². The molecule has 0 fully saturated rings. The Morgan fingerprint density at radius 2 is 1.83 bits per heavy atom. The largest absolute Gasteiger partial charge is 0.350 e. The standard InChI is InChI=1S/C24H22FN3O2/c1-16(18-6-3-2-4-7-18)27-22(29)14-21-23-20(8-5-13-26-23)24(30)28(21)15-17-9-11-19(25)12-10-17/h2-13,16,21H,14-15H2,1H3,(H,27,29). The molecule has 30 heavy (non-hydrogen) atoms. The summed E-state index contributed by atoms with van der Waals surface area (Å²) in [6, 6.07) is 18.6. The van der Waals surface area contributed by atoms with E-state index in [-0.39, 0.29) is 36.6 Å². The zero-order valence-corrected chi connectivity index (χ0v) is 16.6. The zero-order valence-electron chi connectivity index (χ0n) is 16.6. The van der Waals surface area contributed by atoms with Crippen molar-refractivity contribution in [2.45, 2.75) is 32.0 Å². The van der Waals surface area contributed by atoms with Crippen molar-refractivity contribution in [3.05, 3.63) is 101 Å². The maximum Gasteiger partial charge on any atom is 0.256 e. The van der Waals surface area contributed by atoms with Crippen LogP contribution in [-0.4, -0.2) is 21.7 Å². The number of fused-ring (bicyclic) bond motifs is 1. The van der Waals surface area contributed by atoms with E-state index in [1.165, 1.54) is 12.1 Å². The van der Waals surface area contributed by atoms with Gasteiger partial charge in [0.25, 0.3) is 5.91 Å². The van der Waals surface area contributed by atoms with Gasteiger partial charge < -0.3 is 10.2 Å². The molecule has 2 unspecified atom stereocenters. The second-order valence-corrected chi connectivity index (χ2v) is 7.42. The Labute approximate surface area is 174 Å². The van der Waals surface area contributed by atoms with Crippen LogP contribution in [0.15, 0.2) is 72.9 Å². The summed E-state index contributed by atoms with van der Waals surface area (Å²) in [7, 11) is 0. The molecule has 2 amide bonds. The second-order valence-electron chi connectivity index (χ2n) is 7.42. The molecular weight excluding hydrogens is 381 g/mol. The van der Waals surface area contributed by atoms with Crippen LogP contribution in [0.3, 0.4) is 0 Å². The Hall–Kier alpha value is -3.54. The van der Waals surface area contributed by atoms with Crippen LogP contribution < -0.4 is 5.32 Å². The van der Waals surface area contributed by atoms with Gasteiger partial charge in [0, 0.05) is 12.7 Å². The number of amides is 2. The first-order valence-corrected chi connectivity index (χ1v) is 9.87. The number of hydrogen-bond acceptors (Lipinski definition) is 3. The minimum atomic E-state index is -0.471. The van der Waals surface area contributed by atoms with E-state index in [4.69, 9.17) is 0 Å². The number of rotatable bonds is 6. The molecule has 5 nitrogen and oxygen atoms in total. The number of nitrogens with one attached hydrogen (secondary N) is 1. The lowest BCUT2D eigenvalue weighted by molar-refractivity contribution is -0.122. The number of pyridine rings is 1. The average molecular weight is 403 g/mol. The van der Waals surface area contributed by atoms with Crippen molar-refractivity contribution < 1.29 is 14.0 Å². The molecule has 0 bridgehead atoms. The highest BCUT2D eigenvalue weighted by Gasteiger charge is 2.39. The van der Waals surface area contributed by atoms with Gasteiger partial charge >= 0.3 is 0 Å². The molecule has 2 heterocycles. The van der Waals surface area contributed by atoms with Crippen LogP contribution in [0.2, 0.25) is 0 Å². The van der Waals surface area contributed by atoms with Gasteiger partial charge in [0.05, 0.1) is 29.8 Å². The maximum absolute atomic E-state index is 13.3. The quantitative estimate of drug-likeness (QED) is 0.671. The molecule has 6 heteroatoms. The monoisotopic (exact) mass is 403 g/mol. The van der Waals surface area contributed by atoms with Crippen molar-refractivity contribution in [1.29, 1.82) is 0 Å². The SMILES string of the molecule is CC(NC(=O)CC1c2ncccc2C(=O)N1Cc1ccc(F)cc1)c1ccccc1. The third kappa shape index (κ3) is 4.08. The second kappa shape index (κ2) is 8.45. The molecule has 152 valence electrons. The molecule has 0 aliphatic carbocycles. The number of carbonyl (C=O) groups is 2. The topological polar surface area (TPSA) is 62.3 Å². The Kier molecular flexibility index (Phi) is 5.57. The summed E-state index contributed by atoms with van der Waals surface area (Å²) in [4.78, 5) is 31.8. The number of aromatic nitrogens is 1. The Morgan fingerprint density at radius 1 is 1.10 bits per heavy atom. The molecule has 4 rings (SSSR count). The van der Waals surface area contributed by atoms with Crippen molar-refractivity contribution in [3.63, 3.8) is 0 Å². The minimum absolute atomic E-state index is 0.105. The highest BCUT2D eigenvalue weighted by Crippen LogP contribution is 2.35. The van der Waals surface area contributed by atoms with Crippen LogP contribution in [0.1, 0.15) is 52.6 Å². The summed E-state index contributed by atoms with van der Waals surface area (Å²) < 4.78 is 13.3. The van der Waals surface area contributed by atoms with Crippen LogP contribution >= 0.6 is 0 Å². The van der Waals surface area contributed by atoms with Crippen molar-refractivity contribution >= 4 is 11.8 Å². The normalized spacial score (nSPS) is 16.3. The summed E-state index contributed by atoms with van der Waals surface area (Å²) in [6.45, 7) is 2.21. The van der Waals surface area contributed by atoms with Gasteiger partial charge in [0.2, 0.25) is 5.91 Å². The molecular formula is C24H22FN3O2. The van der Waals surface area contributed by atoms with Gasteiger partial charge in [-0.05, 0) is 42.3 Å². The predicted octanol–water partition coefficient (Wildman–Crippen LogP) is 4.19. The van der Waals surface area contributed by atoms with E-state index < -0.39 is 6.04 Å². The van der Waals surface area contributed by atoms with Crippen LogP contribution in [0.4, 0.5) is 4.39 Å². The molecule has 0 radical (unpaired) electrons. The lowest BCUT2D eigenvalue weighted by atomic mass is 10.1. The lowest BCUT2D eigenvalue weighted by Gasteiger charge is -2.25. The summed E-state index contributed by atoms with van der Waals surface area (Å²) in [6.07, 6.45) is 1.74. The van der Waals surface area contributed by atoms with E-state index in [2.05, 4.69) is 10.3 Å². The van der Waals surface area contributed by atoms with Gasteiger partial charge in [-0.15, -0.1) is 0 Å². The summed E-state index contributed by atoms with van der Waals surface area (Å²) in [5.41, 5.74) is 2.91. The van der Waals surface area contributed by atoms with Gasteiger partial charge in [-0.25, -0.2) is 4.39 Å². The van der Waals surface area contributed by atoms with Gasteiger partial charge in [0.15, 0.2) is 0 Å². The van der Waals surface area contributed by atoms with Gasteiger partial charge in [-0.2, -0.15) is 0 Å². The Balaban J connectivity index is 1.54. The first-order chi connectivity index (χ1) is 14.5. The van der Waals surface area contributed by atoms with Crippen molar-refractivity contribution in [1.82, 2.24) is 15.2 Å². The third-order valence-electron chi connectivity index (χ3n) is 5.34. The number of halogens is 1. The van der Waals surface area contributed by atoms with Crippen LogP contribution in [-0.2, 0) is 11.3 Å². The van der Waals surface area contributed by atoms with E-state index in [1.54, 1.807) is 35.4 Å². The fourth-order valence-electron chi connectivity index (χ4n) is 3.78. The number of carbonyl (C=O) groups excluding carboxylic acids is 2. The zero-order chi connectivity index (χ0) is 21.1. The van der Waals surface area contributed by atoms with Crippen LogP contribution in [0, 0.1) is 5.82 Å². The fourth-order valence-corrected chi connectivity index (χ4v) is 3.78. The van der Waals surface area contributed by atoms with E-state index in [0.717, 1.165) is 11.1 Å². The van der Waals surface area contributed by atoms with Gasteiger partial charge in [-0.1, -0.05) is 42.5 Å². The van der Waals surface area contributed by atoms with Gasteiger partial charge in [-0.3, -0.25) is 14.6 Å².